The Labute approximate surface area is 153 Å². The predicted octanol–water partition coefficient (Wildman–Crippen LogP) is 3.48. The Hall–Kier alpha value is -2.39. The standard InChI is InChI=1S/C19H24N4OS/c1-13(2)12-23-14(3)9-16(15(23)4)10-17(11-20)19(24)22-6-5-18-21-7-8-25-18/h7-10,13H,5-6,12H2,1-4H3,(H,22,24)/b17-10-. The molecule has 0 aliphatic carbocycles. The maximum absolute atomic E-state index is 12.3. The van der Waals surface area contributed by atoms with Crippen LogP contribution in [0.2, 0.25) is 0 Å². The van der Waals surface area contributed by atoms with Crippen LogP contribution in [0.15, 0.2) is 23.2 Å². The quantitative estimate of drug-likeness (QED) is 0.610. The number of nitriles is 1. The fourth-order valence-electron chi connectivity index (χ4n) is 2.68. The molecule has 1 amide bonds. The maximum Gasteiger partial charge on any atom is 0.261 e. The van der Waals surface area contributed by atoms with Crippen molar-refractivity contribution in [2.24, 2.45) is 5.92 Å². The Morgan fingerprint density at radius 2 is 2.24 bits per heavy atom. The molecule has 2 rings (SSSR count). The second kappa shape index (κ2) is 8.63. The number of amides is 1. The van der Waals surface area contributed by atoms with E-state index in [1.807, 2.05) is 31.4 Å². The predicted molar refractivity (Wildman–Crippen MR) is 101 cm³/mol. The molecule has 2 aromatic heterocycles. The first-order valence-corrected chi connectivity index (χ1v) is 9.25. The average Bonchev–Trinajstić information content (AvgIpc) is 3.16. The second-order valence-electron chi connectivity index (χ2n) is 6.43. The van der Waals surface area contributed by atoms with E-state index in [1.165, 1.54) is 0 Å². The molecule has 6 heteroatoms. The maximum atomic E-state index is 12.3. The summed E-state index contributed by atoms with van der Waals surface area (Å²) in [5.74, 6) is 0.193. The Morgan fingerprint density at radius 1 is 1.48 bits per heavy atom. The summed E-state index contributed by atoms with van der Waals surface area (Å²) >= 11 is 1.56. The van der Waals surface area contributed by atoms with E-state index in [-0.39, 0.29) is 11.5 Å². The van der Waals surface area contributed by atoms with Crippen LogP contribution in [-0.2, 0) is 17.8 Å². The summed E-state index contributed by atoms with van der Waals surface area (Å²) in [5.41, 5.74) is 3.27. The highest BCUT2D eigenvalue weighted by Gasteiger charge is 2.13. The van der Waals surface area contributed by atoms with Crippen LogP contribution < -0.4 is 5.32 Å². The first kappa shape index (κ1) is 18.9. The summed E-state index contributed by atoms with van der Waals surface area (Å²) in [7, 11) is 0. The van der Waals surface area contributed by atoms with Crippen molar-refractivity contribution >= 4 is 23.3 Å². The molecule has 0 fully saturated rings. The van der Waals surface area contributed by atoms with Gasteiger partial charge >= 0.3 is 0 Å². The summed E-state index contributed by atoms with van der Waals surface area (Å²) in [6.45, 7) is 9.81. The van der Waals surface area contributed by atoms with Crippen LogP contribution in [0.5, 0.6) is 0 Å². The van der Waals surface area contributed by atoms with Crippen molar-refractivity contribution in [1.29, 1.82) is 5.26 Å². The molecule has 0 atom stereocenters. The van der Waals surface area contributed by atoms with Gasteiger partial charge in [-0.15, -0.1) is 11.3 Å². The zero-order chi connectivity index (χ0) is 18.4. The van der Waals surface area contributed by atoms with Crippen LogP contribution >= 0.6 is 11.3 Å². The van der Waals surface area contributed by atoms with Gasteiger partial charge in [0.1, 0.15) is 11.6 Å². The van der Waals surface area contributed by atoms with Crippen LogP contribution in [-0.4, -0.2) is 22.0 Å². The molecule has 0 aliphatic rings. The van der Waals surface area contributed by atoms with E-state index < -0.39 is 0 Å². The summed E-state index contributed by atoms with van der Waals surface area (Å²) in [6.07, 6.45) is 4.10. The molecule has 0 aromatic carbocycles. The van der Waals surface area contributed by atoms with Crippen molar-refractivity contribution in [2.75, 3.05) is 6.54 Å². The normalized spacial score (nSPS) is 11.6. The Kier molecular flexibility index (Phi) is 6.54. The fraction of sp³-hybridized carbons (Fsp3) is 0.421. The molecular formula is C19H24N4OS. The number of aromatic nitrogens is 2. The van der Waals surface area contributed by atoms with Gasteiger partial charge in [-0.25, -0.2) is 4.98 Å². The zero-order valence-corrected chi connectivity index (χ0v) is 16.0. The molecule has 0 radical (unpaired) electrons. The van der Waals surface area contributed by atoms with Gasteiger partial charge in [0, 0.05) is 42.5 Å². The molecule has 0 bridgehead atoms. The summed E-state index contributed by atoms with van der Waals surface area (Å²) < 4.78 is 2.23. The highest BCUT2D eigenvalue weighted by molar-refractivity contribution is 7.09. The molecule has 5 nitrogen and oxygen atoms in total. The van der Waals surface area contributed by atoms with Crippen molar-refractivity contribution < 1.29 is 4.79 Å². The average molecular weight is 356 g/mol. The third-order valence-electron chi connectivity index (χ3n) is 3.93. The third-order valence-corrected chi connectivity index (χ3v) is 4.77. The van der Waals surface area contributed by atoms with E-state index in [9.17, 15) is 10.1 Å². The minimum absolute atomic E-state index is 0.129. The van der Waals surface area contributed by atoms with Crippen molar-refractivity contribution in [2.45, 2.75) is 40.7 Å². The number of hydrogen-bond donors (Lipinski definition) is 1. The SMILES string of the molecule is Cc1cc(/C=C(/C#N)C(=O)NCCc2nccs2)c(C)n1CC(C)C. The van der Waals surface area contributed by atoms with Gasteiger partial charge in [0.2, 0.25) is 0 Å². The molecule has 0 saturated carbocycles. The number of aryl methyl sites for hydroxylation is 1. The van der Waals surface area contributed by atoms with Crippen LogP contribution in [0.25, 0.3) is 6.08 Å². The van der Waals surface area contributed by atoms with Gasteiger partial charge in [-0.05, 0) is 37.5 Å². The molecule has 0 unspecified atom stereocenters. The van der Waals surface area contributed by atoms with Gasteiger partial charge in [-0.1, -0.05) is 13.8 Å². The molecule has 2 aromatic rings. The van der Waals surface area contributed by atoms with E-state index in [1.54, 1.807) is 23.6 Å². The summed E-state index contributed by atoms with van der Waals surface area (Å²) in [6, 6.07) is 4.04. The lowest BCUT2D eigenvalue weighted by Crippen LogP contribution is -2.26. The van der Waals surface area contributed by atoms with Gasteiger partial charge in [-0.2, -0.15) is 5.26 Å². The van der Waals surface area contributed by atoms with Crippen LogP contribution in [0, 0.1) is 31.1 Å². The molecule has 0 saturated heterocycles. The molecule has 2 heterocycles. The Bertz CT molecular complexity index is 794. The van der Waals surface area contributed by atoms with E-state index in [4.69, 9.17) is 0 Å². The van der Waals surface area contributed by atoms with E-state index in [0.717, 1.165) is 28.5 Å². The van der Waals surface area contributed by atoms with E-state index in [2.05, 4.69) is 28.7 Å². The fourth-order valence-corrected chi connectivity index (χ4v) is 3.30. The van der Waals surface area contributed by atoms with Crippen LogP contribution in [0.4, 0.5) is 0 Å². The lowest BCUT2D eigenvalue weighted by atomic mass is 10.1. The number of nitrogens with zero attached hydrogens (tertiary/aromatic N) is 3. The highest BCUT2D eigenvalue weighted by atomic mass is 32.1. The van der Waals surface area contributed by atoms with Gasteiger partial charge in [-0.3, -0.25) is 4.79 Å². The molecule has 0 spiro atoms. The first-order chi connectivity index (χ1) is 11.9. The van der Waals surface area contributed by atoms with E-state index in [0.29, 0.717) is 18.9 Å². The lowest BCUT2D eigenvalue weighted by molar-refractivity contribution is -0.117. The first-order valence-electron chi connectivity index (χ1n) is 8.37. The van der Waals surface area contributed by atoms with E-state index >= 15 is 0 Å². The number of carbonyl (C=O) groups excluding carboxylic acids is 1. The molecule has 0 aliphatic heterocycles. The third kappa shape index (κ3) is 5.04. The number of hydrogen-bond acceptors (Lipinski definition) is 4. The minimum atomic E-state index is -0.340. The molecular weight excluding hydrogens is 332 g/mol. The van der Waals surface area contributed by atoms with Gasteiger partial charge in [0.25, 0.3) is 5.91 Å². The zero-order valence-electron chi connectivity index (χ0n) is 15.2. The second-order valence-corrected chi connectivity index (χ2v) is 7.41. The summed E-state index contributed by atoms with van der Waals surface area (Å²) in [5, 5.41) is 15.0. The van der Waals surface area contributed by atoms with Gasteiger partial charge < -0.3 is 9.88 Å². The van der Waals surface area contributed by atoms with Crippen molar-refractivity contribution in [3.8, 4) is 6.07 Å². The topological polar surface area (TPSA) is 70.7 Å². The minimum Gasteiger partial charge on any atom is -0.351 e. The largest absolute Gasteiger partial charge is 0.351 e. The lowest BCUT2D eigenvalue weighted by Gasteiger charge is -2.12. The molecule has 1 N–H and O–H groups in total. The number of nitrogens with one attached hydrogen (secondary N) is 1. The number of thiazole rings is 1. The van der Waals surface area contributed by atoms with Crippen molar-refractivity contribution in [3.63, 3.8) is 0 Å². The number of carbonyl (C=O) groups is 1. The molecule has 132 valence electrons. The van der Waals surface area contributed by atoms with Crippen LogP contribution in [0.1, 0.15) is 35.8 Å². The monoisotopic (exact) mass is 356 g/mol. The van der Waals surface area contributed by atoms with Crippen molar-refractivity contribution in [3.05, 3.63) is 45.2 Å². The van der Waals surface area contributed by atoms with Crippen molar-refractivity contribution in [1.82, 2.24) is 14.9 Å². The highest BCUT2D eigenvalue weighted by Crippen LogP contribution is 2.19. The van der Waals surface area contributed by atoms with Gasteiger partial charge in [0.05, 0.1) is 5.01 Å². The molecule has 25 heavy (non-hydrogen) atoms. The van der Waals surface area contributed by atoms with Crippen LogP contribution in [0.3, 0.4) is 0 Å². The van der Waals surface area contributed by atoms with Gasteiger partial charge in [0.15, 0.2) is 0 Å². The number of rotatable bonds is 7. The summed E-state index contributed by atoms with van der Waals surface area (Å²) in [4.78, 5) is 16.4. The Balaban J connectivity index is 2.08. The smallest absolute Gasteiger partial charge is 0.261 e. The Morgan fingerprint density at radius 3 is 2.84 bits per heavy atom.